The molecular formula is C12H14BrNO5. The molecule has 1 amide bonds. The summed E-state index contributed by atoms with van der Waals surface area (Å²) in [4.78, 5) is 22.2. The number of carboxylic acid groups (broad SMARTS) is 1. The third-order valence-corrected chi connectivity index (χ3v) is 2.91. The van der Waals surface area contributed by atoms with E-state index >= 15 is 0 Å². The number of hydrogen-bond donors (Lipinski definition) is 2. The Morgan fingerprint density at radius 1 is 1.32 bits per heavy atom. The normalized spacial score (nSPS) is 9.84. The van der Waals surface area contributed by atoms with Gasteiger partial charge in [-0.2, -0.15) is 0 Å². The molecule has 7 heteroatoms. The number of methoxy groups -OCH3 is 2. The lowest BCUT2D eigenvalue weighted by molar-refractivity contribution is -0.136. The van der Waals surface area contributed by atoms with Crippen LogP contribution in [0.3, 0.4) is 0 Å². The van der Waals surface area contributed by atoms with E-state index in [9.17, 15) is 9.59 Å². The van der Waals surface area contributed by atoms with Gasteiger partial charge < -0.3 is 19.9 Å². The van der Waals surface area contributed by atoms with Crippen LogP contribution in [-0.2, 0) is 4.79 Å². The van der Waals surface area contributed by atoms with Crippen LogP contribution in [0.25, 0.3) is 0 Å². The largest absolute Gasteiger partial charge is 0.493 e. The molecule has 1 aromatic carbocycles. The number of benzene rings is 1. The molecule has 0 bridgehead atoms. The van der Waals surface area contributed by atoms with Crippen LogP contribution in [0.2, 0.25) is 0 Å². The molecule has 0 atom stereocenters. The van der Waals surface area contributed by atoms with E-state index in [4.69, 9.17) is 14.6 Å². The van der Waals surface area contributed by atoms with Gasteiger partial charge in [0.1, 0.15) is 0 Å². The first-order valence-electron chi connectivity index (χ1n) is 5.41. The van der Waals surface area contributed by atoms with Gasteiger partial charge in [-0.25, -0.2) is 0 Å². The molecule has 0 saturated carbocycles. The van der Waals surface area contributed by atoms with Gasteiger partial charge >= 0.3 is 5.97 Å². The van der Waals surface area contributed by atoms with Gasteiger partial charge in [-0.15, -0.1) is 0 Å². The lowest BCUT2D eigenvalue weighted by Gasteiger charge is -2.11. The second-order valence-electron chi connectivity index (χ2n) is 3.59. The number of amides is 1. The Morgan fingerprint density at radius 3 is 2.53 bits per heavy atom. The van der Waals surface area contributed by atoms with Crippen LogP contribution in [0.4, 0.5) is 0 Å². The number of ether oxygens (including phenoxy) is 2. The molecule has 0 unspecified atom stereocenters. The SMILES string of the molecule is COc1cc(C(=O)NCCC(=O)O)cc(Br)c1OC. The molecule has 1 aromatic rings. The van der Waals surface area contributed by atoms with E-state index in [1.807, 2.05) is 0 Å². The smallest absolute Gasteiger partial charge is 0.305 e. The van der Waals surface area contributed by atoms with Crippen LogP contribution in [0.15, 0.2) is 16.6 Å². The van der Waals surface area contributed by atoms with Crippen molar-refractivity contribution in [2.24, 2.45) is 0 Å². The highest BCUT2D eigenvalue weighted by Gasteiger charge is 2.14. The Hall–Kier alpha value is -1.76. The van der Waals surface area contributed by atoms with E-state index in [0.717, 1.165) is 0 Å². The number of carbonyl (C=O) groups is 2. The molecule has 0 fully saturated rings. The fourth-order valence-corrected chi connectivity index (χ4v) is 2.04. The van der Waals surface area contributed by atoms with Gasteiger partial charge in [0.2, 0.25) is 0 Å². The molecule has 1 rings (SSSR count). The Kier molecular flexibility index (Phi) is 5.62. The standard InChI is InChI=1S/C12H14BrNO5/c1-18-9-6-7(5-8(13)11(9)19-2)12(17)14-4-3-10(15)16/h5-6H,3-4H2,1-2H3,(H,14,17)(H,15,16). The van der Waals surface area contributed by atoms with E-state index < -0.39 is 5.97 Å². The molecule has 0 heterocycles. The zero-order chi connectivity index (χ0) is 14.4. The topological polar surface area (TPSA) is 84.9 Å². The van der Waals surface area contributed by atoms with Crippen molar-refractivity contribution < 1.29 is 24.2 Å². The summed E-state index contributed by atoms with van der Waals surface area (Å²) in [5.41, 5.74) is 0.356. The molecule has 0 radical (unpaired) electrons. The predicted octanol–water partition coefficient (Wildman–Crippen LogP) is 1.67. The highest BCUT2D eigenvalue weighted by Crippen LogP contribution is 2.36. The maximum Gasteiger partial charge on any atom is 0.305 e. The number of aliphatic carboxylic acids is 1. The molecule has 104 valence electrons. The van der Waals surface area contributed by atoms with Crippen molar-refractivity contribution in [1.29, 1.82) is 0 Å². The van der Waals surface area contributed by atoms with Crippen molar-refractivity contribution in [3.8, 4) is 11.5 Å². The van der Waals surface area contributed by atoms with E-state index in [2.05, 4.69) is 21.2 Å². The summed E-state index contributed by atoms with van der Waals surface area (Å²) < 4.78 is 10.8. The monoisotopic (exact) mass is 331 g/mol. The first-order chi connectivity index (χ1) is 8.99. The maximum absolute atomic E-state index is 11.8. The molecule has 6 nitrogen and oxygen atoms in total. The van der Waals surface area contributed by atoms with Crippen molar-refractivity contribution in [2.75, 3.05) is 20.8 Å². The average Bonchev–Trinajstić information content (AvgIpc) is 2.37. The van der Waals surface area contributed by atoms with Crippen molar-refractivity contribution in [2.45, 2.75) is 6.42 Å². The molecule has 0 spiro atoms. The number of halogens is 1. The summed E-state index contributed by atoms with van der Waals surface area (Å²) >= 11 is 3.28. The summed E-state index contributed by atoms with van der Waals surface area (Å²) in [5.74, 6) is -0.429. The molecule has 0 aliphatic rings. The number of carbonyl (C=O) groups excluding carboxylic acids is 1. The van der Waals surface area contributed by atoms with Crippen molar-refractivity contribution >= 4 is 27.8 Å². The fourth-order valence-electron chi connectivity index (χ4n) is 1.43. The maximum atomic E-state index is 11.8. The summed E-state index contributed by atoms with van der Waals surface area (Å²) in [7, 11) is 2.96. The van der Waals surface area contributed by atoms with Crippen LogP contribution < -0.4 is 14.8 Å². The van der Waals surface area contributed by atoms with E-state index in [1.165, 1.54) is 20.3 Å². The Balaban J connectivity index is 2.86. The number of rotatable bonds is 6. The predicted molar refractivity (Wildman–Crippen MR) is 71.8 cm³/mol. The lowest BCUT2D eigenvalue weighted by Crippen LogP contribution is -2.26. The molecule has 0 aliphatic carbocycles. The minimum absolute atomic E-state index is 0.0696. The second-order valence-corrected chi connectivity index (χ2v) is 4.45. The minimum atomic E-state index is -0.964. The van der Waals surface area contributed by atoms with Crippen LogP contribution in [-0.4, -0.2) is 37.7 Å². The minimum Gasteiger partial charge on any atom is -0.493 e. The molecular weight excluding hydrogens is 318 g/mol. The summed E-state index contributed by atoms with van der Waals surface area (Å²) in [6, 6.07) is 3.11. The third kappa shape index (κ3) is 4.13. The van der Waals surface area contributed by atoms with Crippen LogP contribution in [0.1, 0.15) is 16.8 Å². The van der Waals surface area contributed by atoms with Gasteiger partial charge in [0, 0.05) is 12.1 Å². The number of nitrogens with one attached hydrogen (secondary N) is 1. The first kappa shape index (κ1) is 15.3. The molecule has 19 heavy (non-hydrogen) atoms. The first-order valence-corrected chi connectivity index (χ1v) is 6.20. The Labute approximate surface area is 118 Å². The zero-order valence-electron chi connectivity index (χ0n) is 10.5. The third-order valence-electron chi connectivity index (χ3n) is 2.32. The average molecular weight is 332 g/mol. The highest BCUT2D eigenvalue weighted by molar-refractivity contribution is 9.10. The van der Waals surface area contributed by atoms with E-state index in [1.54, 1.807) is 6.07 Å². The summed E-state index contributed by atoms with van der Waals surface area (Å²) in [5, 5.41) is 11.0. The van der Waals surface area contributed by atoms with Gasteiger partial charge in [-0.05, 0) is 28.1 Å². The van der Waals surface area contributed by atoms with Crippen molar-refractivity contribution in [1.82, 2.24) is 5.32 Å². The van der Waals surface area contributed by atoms with Crippen LogP contribution >= 0.6 is 15.9 Å². The van der Waals surface area contributed by atoms with Gasteiger partial charge in [0.05, 0.1) is 25.1 Å². The van der Waals surface area contributed by atoms with Gasteiger partial charge in [-0.1, -0.05) is 0 Å². The molecule has 0 saturated heterocycles. The Bertz CT molecular complexity index is 489. The quantitative estimate of drug-likeness (QED) is 0.828. The van der Waals surface area contributed by atoms with Crippen LogP contribution in [0.5, 0.6) is 11.5 Å². The van der Waals surface area contributed by atoms with E-state index in [0.29, 0.717) is 21.5 Å². The summed E-state index contributed by atoms with van der Waals surface area (Å²) in [6.45, 7) is 0.0696. The van der Waals surface area contributed by atoms with Crippen LogP contribution in [0, 0.1) is 0 Å². The Morgan fingerprint density at radius 2 is 2.00 bits per heavy atom. The van der Waals surface area contributed by atoms with Crippen molar-refractivity contribution in [3.05, 3.63) is 22.2 Å². The summed E-state index contributed by atoms with van der Waals surface area (Å²) in [6.07, 6.45) is -0.125. The van der Waals surface area contributed by atoms with Gasteiger partial charge in [0.15, 0.2) is 11.5 Å². The van der Waals surface area contributed by atoms with E-state index in [-0.39, 0.29) is 18.9 Å². The van der Waals surface area contributed by atoms with Gasteiger partial charge in [0.25, 0.3) is 5.91 Å². The van der Waals surface area contributed by atoms with Crippen molar-refractivity contribution in [3.63, 3.8) is 0 Å². The molecule has 2 N–H and O–H groups in total. The number of hydrogen-bond acceptors (Lipinski definition) is 4. The molecule has 0 aromatic heterocycles. The fraction of sp³-hybridized carbons (Fsp3) is 0.333. The van der Waals surface area contributed by atoms with Gasteiger partial charge in [-0.3, -0.25) is 9.59 Å². The zero-order valence-corrected chi connectivity index (χ0v) is 12.1. The lowest BCUT2D eigenvalue weighted by atomic mass is 10.2. The number of carboxylic acids is 1. The highest BCUT2D eigenvalue weighted by atomic mass is 79.9. The second kappa shape index (κ2) is 6.98. The molecule has 0 aliphatic heterocycles.